The number of hydrogen-bond acceptors (Lipinski definition) is 4. The van der Waals surface area contributed by atoms with E-state index in [1.165, 1.54) is 11.6 Å². The van der Waals surface area contributed by atoms with E-state index in [2.05, 4.69) is 5.10 Å². The van der Waals surface area contributed by atoms with E-state index in [-0.39, 0.29) is 15.7 Å². The van der Waals surface area contributed by atoms with Gasteiger partial charge in [0.1, 0.15) is 4.90 Å². The summed E-state index contributed by atoms with van der Waals surface area (Å²) >= 11 is 6.00. The molecule has 5 nitrogen and oxygen atoms in total. The molecule has 0 aliphatic rings. The van der Waals surface area contributed by atoms with Gasteiger partial charge in [-0.15, -0.1) is 0 Å². The van der Waals surface area contributed by atoms with Crippen LogP contribution < -0.4 is 0 Å². The Labute approximate surface area is 119 Å². The lowest BCUT2D eigenvalue weighted by molar-refractivity contribution is 0.609. The molecule has 0 saturated carbocycles. The Bertz CT molecular complexity index is 791. The third-order valence-electron chi connectivity index (χ3n) is 2.42. The van der Waals surface area contributed by atoms with Gasteiger partial charge in [-0.25, -0.2) is 13.1 Å². The largest absolute Gasteiger partial charge is 0.266 e. The number of rotatable bonds is 2. The van der Waals surface area contributed by atoms with Gasteiger partial charge >= 0.3 is 0 Å². The van der Waals surface area contributed by atoms with Gasteiger partial charge in [0.25, 0.3) is 9.05 Å². The van der Waals surface area contributed by atoms with Crippen molar-refractivity contribution in [1.29, 1.82) is 5.26 Å². The molecule has 0 aliphatic heterocycles. The molecule has 0 amide bonds. The van der Waals surface area contributed by atoms with Crippen molar-refractivity contribution in [3.05, 3.63) is 40.7 Å². The van der Waals surface area contributed by atoms with Crippen LogP contribution in [-0.4, -0.2) is 18.2 Å². The van der Waals surface area contributed by atoms with E-state index in [0.29, 0.717) is 11.3 Å². The van der Waals surface area contributed by atoms with Gasteiger partial charge in [0.2, 0.25) is 0 Å². The highest BCUT2D eigenvalue weighted by Gasteiger charge is 2.24. The molecule has 98 valence electrons. The normalized spacial score (nSPS) is 11.3. The van der Waals surface area contributed by atoms with Crippen molar-refractivity contribution in [2.75, 3.05) is 0 Å². The Hall–Kier alpha value is -1.55. The Morgan fingerprint density at radius 3 is 2.63 bits per heavy atom. The van der Waals surface area contributed by atoms with E-state index in [0.717, 1.165) is 0 Å². The third kappa shape index (κ3) is 2.59. The van der Waals surface area contributed by atoms with Gasteiger partial charge in [0.05, 0.1) is 23.0 Å². The maximum Gasteiger partial charge on any atom is 0.266 e. The van der Waals surface area contributed by atoms with Crippen LogP contribution in [0.1, 0.15) is 11.3 Å². The van der Waals surface area contributed by atoms with E-state index >= 15 is 0 Å². The summed E-state index contributed by atoms with van der Waals surface area (Å²) in [5.41, 5.74) is 1.10. The van der Waals surface area contributed by atoms with Crippen LogP contribution in [0.15, 0.2) is 29.2 Å². The predicted molar refractivity (Wildman–Crippen MR) is 71.1 cm³/mol. The SMILES string of the molecule is Cc1nn(-c2cccc(C#N)c2)c(Cl)c1S(=O)(=O)Cl. The van der Waals surface area contributed by atoms with Crippen LogP contribution in [-0.2, 0) is 9.05 Å². The van der Waals surface area contributed by atoms with Gasteiger partial charge < -0.3 is 0 Å². The van der Waals surface area contributed by atoms with Gasteiger partial charge in [0, 0.05) is 10.7 Å². The van der Waals surface area contributed by atoms with Crippen LogP contribution >= 0.6 is 22.3 Å². The van der Waals surface area contributed by atoms with Gasteiger partial charge in [-0.05, 0) is 25.1 Å². The molecule has 8 heteroatoms. The molecule has 0 N–H and O–H groups in total. The average molecular weight is 316 g/mol. The summed E-state index contributed by atoms with van der Waals surface area (Å²) in [5, 5.41) is 12.8. The van der Waals surface area contributed by atoms with Gasteiger partial charge in [-0.2, -0.15) is 10.4 Å². The first-order valence-electron chi connectivity index (χ1n) is 5.05. The molecule has 0 fully saturated rings. The molecule has 0 unspecified atom stereocenters. The molecule has 0 saturated heterocycles. The van der Waals surface area contributed by atoms with Crippen LogP contribution in [0.4, 0.5) is 0 Å². The molecule has 0 atom stereocenters. The lowest BCUT2D eigenvalue weighted by atomic mass is 10.2. The highest BCUT2D eigenvalue weighted by Crippen LogP contribution is 2.30. The highest BCUT2D eigenvalue weighted by atomic mass is 35.7. The molecule has 0 radical (unpaired) electrons. The average Bonchev–Trinajstić information content (AvgIpc) is 2.64. The summed E-state index contributed by atoms with van der Waals surface area (Å²) < 4.78 is 24.1. The highest BCUT2D eigenvalue weighted by molar-refractivity contribution is 8.13. The first-order valence-corrected chi connectivity index (χ1v) is 7.73. The van der Waals surface area contributed by atoms with E-state index in [1.54, 1.807) is 24.3 Å². The van der Waals surface area contributed by atoms with Crippen molar-refractivity contribution in [2.24, 2.45) is 0 Å². The van der Waals surface area contributed by atoms with Crippen molar-refractivity contribution in [1.82, 2.24) is 9.78 Å². The van der Waals surface area contributed by atoms with Crippen LogP contribution in [0.5, 0.6) is 0 Å². The molecule has 19 heavy (non-hydrogen) atoms. The van der Waals surface area contributed by atoms with Crippen LogP contribution in [0.2, 0.25) is 5.15 Å². The van der Waals surface area contributed by atoms with Crippen LogP contribution in [0.25, 0.3) is 5.69 Å². The van der Waals surface area contributed by atoms with Gasteiger partial charge in [0.15, 0.2) is 5.15 Å². The topological polar surface area (TPSA) is 75.8 Å². The minimum Gasteiger partial charge on any atom is -0.220 e. The van der Waals surface area contributed by atoms with E-state index in [9.17, 15) is 8.42 Å². The molecule has 2 rings (SSSR count). The molecule has 0 aliphatic carbocycles. The fourth-order valence-corrected chi connectivity index (χ4v) is 3.57. The number of nitriles is 1. The number of aryl methyl sites for hydroxylation is 1. The monoisotopic (exact) mass is 315 g/mol. The zero-order chi connectivity index (χ0) is 14.2. The number of aromatic nitrogens is 2. The van der Waals surface area contributed by atoms with E-state index in [1.807, 2.05) is 6.07 Å². The van der Waals surface area contributed by atoms with Crippen molar-refractivity contribution in [3.63, 3.8) is 0 Å². The summed E-state index contributed by atoms with van der Waals surface area (Å²) in [4.78, 5) is -0.224. The van der Waals surface area contributed by atoms with E-state index in [4.69, 9.17) is 27.5 Å². The summed E-state index contributed by atoms with van der Waals surface area (Å²) in [7, 11) is 1.34. The minimum absolute atomic E-state index is 0.109. The van der Waals surface area contributed by atoms with Crippen LogP contribution in [0.3, 0.4) is 0 Å². The lowest BCUT2D eigenvalue weighted by Crippen LogP contribution is -1.97. The molecule has 1 aromatic heterocycles. The second-order valence-corrected chi connectivity index (χ2v) is 6.58. The quantitative estimate of drug-likeness (QED) is 0.798. The van der Waals surface area contributed by atoms with Crippen molar-refractivity contribution in [3.8, 4) is 11.8 Å². The number of nitrogens with zero attached hydrogens (tertiary/aromatic N) is 3. The first kappa shape index (κ1) is 13.9. The molecule has 0 spiro atoms. The molecular formula is C11H7Cl2N3O2S. The second-order valence-electron chi connectivity index (χ2n) is 3.72. The molecule has 1 aromatic carbocycles. The number of hydrogen-bond donors (Lipinski definition) is 0. The standard InChI is InChI=1S/C11H7Cl2N3O2S/c1-7-10(19(13,17)18)11(12)16(15-7)9-4-2-3-8(5-9)6-14/h2-5H,1H3. The first-order chi connectivity index (χ1) is 8.84. The Morgan fingerprint density at radius 1 is 1.42 bits per heavy atom. The summed E-state index contributed by atoms with van der Waals surface area (Å²) in [5.74, 6) is 0. The molecule has 0 bridgehead atoms. The van der Waals surface area contributed by atoms with E-state index < -0.39 is 9.05 Å². The zero-order valence-corrected chi connectivity index (χ0v) is 12.0. The Balaban J connectivity index is 2.69. The molecule has 2 aromatic rings. The summed E-state index contributed by atoms with van der Waals surface area (Å²) in [6.07, 6.45) is 0. The fraction of sp³-hybridized carbons (Fsp3) is 0.0909. The maximum absolute atomic E-state index is 11.4. The number of halogens is 2. The minimum atomic E-state index is -3.98. The van der Waals surface area contributed by atoms with Crippen molar-refractivity contribution < 1.29 is 8.42 Å². The second kappa shape index (κ2) is 4.85. The summed E-state index contributed by atoms with van der Waals surface area (Å²) in [6, 6.07) is 8.45. The summed E-state index contributed by atoms with van der Waals surface area (Å²) in [6.45, 7) is 1.49. The number of benzene rings is 1. The fourth-order valence-electron chi connectivity index (χ4n) is 1.64. The van der Waals surface area contributed by atoms with Gasteiger partial charge in [-0.1, -0.05) is 17.7 Å². The third-order valence-corrected chi connectivity index (χ3v) is 4.32. The zero-order valence-electron chi connectivity index (χ0n) is 9.63. The smallest absolute Gasteiger partial charge is 0.220 e. The molecule has 1 heterocycles. The van der Waals surface area contributed by atoms with Gasteiger partial charge in [-0.3, -0.25) is 0 Å². The Kier molecular flexibility index (Phi) is 3.54. The maximum atomic E-state index is 11.4. The van der Waals surface area contributed by atoms with Crippen molar-refractivity contribution >= 4 is 31.3 Å². The predicted octanol–water partition coefficient (Wildman–Crippen LogP) is 2.63. The van der Waals surface area contributed by atoms with Crippen LogP contribution in [0, 0.1) is 18.3 Å². The van der Waals surface area contributed by atoms with Crippen molar-refractivity contribution in [2.45, 2.75) is 11.8 Å². The Morgan fingerprint density at radius 2 is 2.11 bits per heavy atom. The molecular weight excluding hydrogens is 309 g/mol. The lowest BCUT2D eigenvalue weighted by Gasteiger charge is -2.03.